The van der Waals surface area contributed by atoms with Gasteiger partial charge in [-0.1, -0.05) is 6.07 Å². The van der Waals surface area contributed by atoms with Crippen molar-refractivity contribution in [3.05, 3.63) is 34.1 Å². The number of ketones is 1. The average molecular weight is 260 g/mol. The van der Waals surface area contributed by atoms with Gasteiger partial charge in [0.05, 0.1) is 10.0 Å². The molecule has 76 valence electrons. The van der Waals surface area contributed by atoms with Crippen LogP contribution in [0.2, 0.25) is 0 Å². The largest absolute Gasteiger partial charge is 0.319 e. The highest BCUT2D eigenvalue weighted by Crippen LogP contribution is 2.19. The van der Waals surface area contributed by atoms with Crippen LogP contribution in [0.25, 0.3) is 0 Å². The van der Waals surface area contributed by atoms with Crippen molar-refractivity contribution >= 4 is 21.7 Å². The lowest BCUT2D eigenvalue weighted by atomic mass is 10.1. The van der Waals surface area contributed by atoms with Crippen molar-refractivity contribution in [2.24, 2.45) is 0 Å². The van der Waals surface area contributed by atoms with Gasteiger partial charge in [-0.05, 0) is 35.1 Å². The van der Waals surface area contributed by atoms with Gasteiger partial charge in [0.2, 0.25) is 0 Å². The van der Waals surface area contributed by atoms with E-state index in [2.05, 4.69) is 21.2 Å². The molecule has 0 radical (unpaired) electrons. The van der Waals surface area contributed by atoms with Gasteiger partial charge in [0.15, 0.2) is 5.78 Å². The number of halogens is 2. The Morgan fingerprint density at radius 2 is 2.29 bits per heavy atom. The molecule has 0 aromatic heterocycles. The van der Waals surface area contributed by atoms with Gasteiger partial charge < -0.3 is 5.32 Å². The topological polar surface area (TPSA) is 29.1 Å². The standard InChI is InChI=1S/C10H11BrFNO/c1-13-6-5-9(14)7-3-2-4-8(11)10(7)12/h2-4,13H,5-6H2,1H3. The number of hydrogen-bond donors (Lipinski definition) is 1. The highest BCUT2D eigenvalue weighted by Gasteiger charge is 2.12. The minimum absolute atomic E-state index is 0.148. The third kappa shape index (κ3) is 2.62. The minimum Gasteiger partial charge on any atom is -0.319 e. The van der Waals surface area contributed by atoms with E-state index in [1.807, 2.05) is 0 Å². The first-order chi connectivity index (χ1) is 6.66. The molecule has 0 spiro atoms. The number of nitrogens with one attached hydrogen (secondary N) is 1. The van der Waals surface area contributed by atoms with E-state index >= 15 is 0 Å². The third-order valence-corrected chi connectivity index (χ3v) is 2.47. The first-order valence-electron chi connectivity index (χ1n) is 4.28. The minimum atomic E-state index is -0.478. The molecule has 0 saturated carbocycles. The molecule has 2 nitrogen and oxygen atoms in total. The summed E-state index contributed by atoms with van der Waals surface area (Å²) in [5.74, 6) is -0.660. The van der Waals surface area contributed by atoms with Crippen molar-refractivity contribution in [1.29, 1.82) is 0 Å². The molecule has 0 bridgehead atoms. The quantitative estimate of drug-likeness (QED) is 0.842. The van der Waals surface area contributed by atoms with Crippen LogP contribution >= 0.6 is 15.9 Å². The van der Waals surface area contributed by atoms with E-state index in [4.69, 9.17) is 0 Å². The predicted octanol–water partition coefficient (Wildman–Crippen LogP) is 2.38. The van der Waals surface area contributed by atoms with E-state index in [9.17, 15) is 9.18 Å². The molecule has 1 rings (SSSR count). The van der Waals surface area contributed by atoms with Gasteiger partial charge in [-0.25, -0.2) is 4.39 Å². The molecule has 0 aliphatic carbocycles. The molecular weight excluding hydrogens is 249 g/mol. The van der Waals surface area contributed by atoms with E-state index in [1.54, 1.807) is 19.2 Å². The Morgan fingerprint density at radius 3 is 2.93 bits per heavy atom. The van der Waals surface area contributed by atoms with E-state index in [-0.39, 0.29) is 11.3 Å². The number of benzene rings is 1. The van der Waals surface area contributed by atoms with Crippen LogP contribution in [0.1, 0.15) is 16.8 Å². The molecule has 1 aromatic rings. The lowest BCUT2D eigenvalue weighted by Crippen LogP contribution is -2.14. The summed E-state index contributed by atoms with van der Waals surface area (Å²) in [6.45, 7) is 0.560. The van der Waals surface area contributed by atoms with E-state index < -0.39 is 5.82 Å². The van der Waals surface area contributed by atoms with Crippen LogP contribution in [0.15, 0.2) is 22.7 Å². The molecule has 0 aliphatic rings. The summed E-state index contributed by atoms with van der Waals surface area (Å²) in [5, 5.41) is 2.85. The highest BCUT2D eigenvalue weighted by atomic mass is 79.9. The van der Waals surface area contributed by atoms with E-state index in [0.717, 1.165) is 0 Å². The maximum atomic E-state index is 13.4. The summed E-state index contributed by atoms with van der Waals surface area (Å²) >= 11 is 3.04. The average Bonchev–Trinajstić information content (AvgIpc) is 2.18. The number of rotatable bonds is 4. The molecule has 0 heterocycles. The summed E-state index contributed by atoms with van der Waals surface area (Å²) in [5.41, 5.74) is 0.148. The number of carbonyl (C=O) groups excluding carboxylic acids is 1. The zero-order valence-corrected chi connectivity index (χ0v) is 9.40. The maximum Gasteiger partial charge on any atom is 0.167 e. The SMILES string of the molecule is CNCCC(=O)c1cccc(Br)c1F. The second-order valence-corrected chi connectivity index (χ2v) is 3.73. The molecular formula is C10H11BrFNO. The predicted molar refractivity (Wildman–Crippen MR) is 57.0 cm³/mol. The first-order valence-corrected chi connectivity index (χ1v) is 5.08. The van der Waals surface area contributed by atoms with Gasteiger partial charge in [-0.15, -0.1) is 0 Å². The summed E-state index contributed by atoms with van der Waals surface area (Å²) in [7, 11) is 1.75. The lowest BCUT2D eigenvalue weighted by Gasteiger charge is -2.03. The fraction of sp³-hybridized carbons (Fsp3) is 0.300. The maximum absolute atomic E-state index is 13.4. The smallest absolute Gasteiger partial charge is 0.167 e. The van der Waals surface area contributed by atoms with Crippen LogP contribution in [-0.2, 0) is 0 Å². The number of hydrogen-bond acceptors (Lipinski definition) is 2. The normalized spacial score (nSPS) is 10.2. The van der Waals surface area contributed by atoms with E-state index in [0.29, 0.717) is 17.4 Å². The molecule has 0 fully saturated rings. The molecule has 0 saturated heterocycles. The van der Waals surface area contributed by atoms with Gasteiger partial charge >= 0.3 is 0 Å². The van der Waals surface area contributed by atoms with Crippen molar-refractivity contribution in [1.82, 2.24) is 5.32 Å². The van der Waals surface area contributed by atoms with Crippen LogP contribution in [0.4, 0.5) is 4.39 Å². The van der Waals surface area contributed by atoms with Crippen LogP contribution in [-0.4, -0.2) is 19.4 Å². The van der Waals surface area contributed by atoms with Crippen molar-refractivity contribution in [2.75, 3.05) is 13.6 Å². The van der Waals surface area contributed by atoms with Gasteiger partial charge in [0.1, 0.15) is 5.82 Å². The number of carbonyl (C=O) groups is 1. The van der Waals surface area contributed by atoms with E-state index in [1.165, 1.54) is 6.07 Å². The van der Waals surface area contributed by atoms with Gasteiger partial charge in [-0.3, -0.25) is 4.79 Å². The first kappa shape index (κ1) is 11.3. The van der Waals surface area contributed by atoms with Gasteiger partial charge in [0.25, 0.3) is 0 Å². The Kier molecular flexibility index (Phi) is 4.22. The van der Waals surface area contributed by atoms with Crippen molar-refractivity contribution in [3.63, 3.8) is 0 Å². The van der Waals surface area contributed by atoms with Crippen molar-refractivity contribution in [3.8, 4) is 0 Å². The van der Waals surface area contributed by atoms with Gasteiger partial charge in [0, 0.05) is 13.0 Å². The Bertz CT molecular complexity index is 341. The van der Waals surface area contributed by atoms with Crippen LogP contribution < -0.4 is 5.32 Å². The zero-order valence-electron chi connectivity index (χ0n) is 7.81. The molecule has 0 unspecified atom stereocenters. The van der Waals surface area contributed by atoms with Crippen molar-refractivity contribution < 1.29 is 9.18 Å². The summed E-state index contributed by atoms with van der Waals surface area (Å²) in [6, 6.07) is 4.72. The van der Waals surface area contributed by atoms with Gasteiger partial charge in [-0.2, -0.15) is 0 Å². The fourth-order valence-corrected chi connectivity index (χ4v) is 1.46. The Morgan fingerprint density at radius 1 is 1.57 bits per heavy atom. The molecule has 4 heteroatoms. The Balaban J connectivity index is 2.84. The summed E-state index contributed by atoms with van der Waals surface area (Å²) < 4.78 is 13.7. The molecule has 0 atom stereocenters. The lowest BCUT2D eigenvalue weighted by molar-refractivity contribution is 0.0979. The molecule has 1 N–H and O–H groups in total. The Hall–Kier alpha value is -0.740. The van der Waals surface area contributed by atoms with Crippen LogP contribution in [0, 0.1) is 5.82 Å². The second kappa shape index (κ2) is 5.22. The third-order valence-electron chi connectivity index (χ3n) is 1.85. The zero-order chi connectivity index (χ0) is 10.6. The summed E-state index contributed by atoms with van der Waals surface area (Å²) in [6.07, 6.45) is 0.309. The Labute approximate surface area is 90.6 Å². The highest BCUT2D eigenvalue weighted by molar-refractivity contribution is 9.10. The monoisotopic (exact) mass is 259 g/mol. The van der Waals surface area contributed by atoms with Crippen LogP contribution in [0.5, 0.6) is 0 Å². The molecule has 0 amide bonds. The van der Waals surface area contributed by atoms with Crippen LogP contribution in [0.3, 0.4) is 0 Å². The second-order valence-electron chi connectivity index (χ2n) is 2.88. The molecule has 0 aliphatic heterocycles. The number of Topliss-reactive ketones (excluding diaryl/α,β-unsaturated/α-hetero) is 1. The molecule has 1 aromatic carbocycles. The fourth-order valence-electron chi connectivity index (χ4n) is 1.09. The van der Waals surface area contributed by atoms with Crippen molar-refractivity contribution in [2.45, 2.75) is 6.42 Å². The summed E-state index contributed by atoms with van der Waals surface area (Å²) in [4.78, 5) is 11.5. The molecule has 14 heavy (non-hydrogen) atoms.